The van der Waals surface area contributed by atoms with Crippen LogP contribution in [0, 0.1) is 0 Å². The second kappa shape index (κ2) is 6.46. The predicted molar refractivity (Wildman–Crippen MR) is 85.0 cm³/mol. The number of aromatic nitrogens is 1. The third-order valence-corrected chi connectivity index (χ3v) is 3.94. The van der Waals surface area contributed by atoms with E-state index in [0.29, 0.717) is 6.04 Å². The maximum absolute atomic E-state index is 6.13. The van der Waals surface area contributed by atoms with Crippen LogP contribution in [-0.2, 0) is 13.0 Å². The molecule has 2 aromatic rings. The van der Waals surface area contributed by atoms with Gasteiger partial charge in [0.1, 0.15) is 11.5 Å². The van der Waals surface area contributed by atoms with Crippen LogP contribution >= 0.6 is 11.6 Å². The summed E-state index contributed by atoms with van der Waals surface area (Å²) in [4.78, 5) is 4.36. The molecule has 1 aromatic heterocycles. The zero-order chi connectivity index (χ0) is 14.7. The molecule has 0 radical (unpaired) electrons. The first-order valence-corrected chi connectivity index (χ1v) is 7.77. The maximum atomic E-state index is 6.13. The highest BCUT2D eigenvalue weighted by Gasteiger charge is 2.20. The molecule has 0 bridgehead atoms. The zero-order valence-electron chi connectivity index (χ0n) is 12.1. The van der Waals surface area contributed by atoms with Gasteiger partial charge in [-0.2, -0.15) is 0 Å². The van der Waals surface area contributed by atoms with Crippen LogP contribution in [0.4, 0.5) is 0 Å². The summed E-state index contributed by atoms with van der Waals surface area (Å²) >= 11 is 6.13. The van der Waals surface area contributed by atoms with Gasteiger partial charge in [0.2, 0.25) is 0 Å². The molecule has 0 spiro atoms. The van der Waals surface area contributed by atoms with Crippen LogP contribution in [-0.4, -0.2) is 11.0 Å². The van der Waals surface area contributed by atoms with E-state index < -0.39 is 0 Å². The van der Waals surface area contributed by atoms with E-state index in [-0.39, 0.29) is 0 Å². The van der Waals surface area contributed by atoms with E-state index in [0.717, 1.165) is 40.7 Å². The number of halogens is 1. The van der Waals surface area contributed by atoms with E-state index in [4.69, 9.17) is 16.3 Å². The maximum Gasteiger partial charge on any atom is 0.130 e. The summed E-state index contributed by atoms with van der Waals surface area (Å²) in [6, 6.07) is 10.3. The van der Waals surface area contributed by atoms with Crippen molar-refractivity contribution in [3.05, 3.63) is 52.8 Å². The summed E-state index contributed by atoms with van der Waals surface area (Å²) in [6.07, 6.45) is 5.24. The molecule has 1 aliphatic rings. The Morgan fingerprint density at radius 1 is 1.24 bits per heavy atom. The van der Waals surface area contributed by atoms with Crippen LogP contribution in [0.25, 0.3) is 0 Å². The molecule has 1 aromatic carbocycles. The van der Waals surface area contributed by atoms with Gasteiger partial charge in [-0.3, -0.25) is 4.98 Å². The molecule has 1 fully saturated rings. The molecule has 3 nitrogen and oxygen atoms in total. The van der Waals surface area contributed by atoms with Gasteiger partial charge >= 0.3 is 0 Å². The van der Waals surface area contributed by atoms with Gasteiger partial charge in [-0.15, -0.1) is 0 Å². The highest BCUT2D eigenvalue weighted by atomic mass is 35.5. The standard InChI is InChI=1S/C17H19ClN2O/c1-2-12-9-15(5-6-17(12)18)21-16-7-8-19-14(10-16)11-20-13-3-4-13/h5-10,13,20H,2-4,11H2,1H3. The van der Waals surface area contributed by atoms with Crippen molar-refractivity contribution < 1.29 is 4.74 Å². The molecule has 0 saturated heterocycles. The molecule has 0 atom stereocenters. The Morgan fingerprint density at radius 3 is 2.81 bits per heavy atom. The van der Waals surface area contributed by atoms with Crippen LogP contribution in [0.2, 0.25) is 5.02 Å². The molecule has 21 heavy (non-hydrogen) atoms. The van der Waals surface area contributed by atoms with Crippen molar-refractivity contribution in [1.82, 2.24) is 10.3 Å². The van der Waals surface area contributed by atoms with E-state index in [1.54, 1.807) is 6.20 Å². The first-order valence-electron chi connectivity index (χ1n) is 7.39. The lowest BCUT2D eigenvalue weighted by molar-refractivity contribution is 0.479. The second-order valence-corrected chi connectivity index (χ2v) is 5.75. The number of pyridine rings is 1. The molecule has 0 aliphatic heterocycles. The quantitative estimate of drug-likeness (QED) is 0.862. The molecular formula is C17H19ClN2O. The molecule has 1 heterocycles. The third-order valence-electron chi connectivity index (χ3n) is 3.57. The Labute approximate surface area is 130 Å². The fourth-order valence-corrected chi connectivity index (χ4v) is 2.43. The van der Waals surface area contributed by atoms with Gasteiger partial charge in [-0.25, -0.2) is 0 Å². The number of nitrogens with one attached hydrogen (secondary N) is 1. The lowest BCUT2D eigenvalue weighted by Gasteiger charge is -2.09. The van der Waals surface area contributed by atoms with Crippen LogP contribution in [0.15, 0.2) is 36.5 Å². The molecule has 1 N–H and O–H groups in total. The SMILES string of the molecule is CCc1cc(Oc2ccnc(CNC3CC3)c2)ccc1Cl. The van der Waals surface area contributed by atoms with Crippen molar-refractivity contribution in [2.24, 2.45) is 0 Å². The van der Waals surface area contributed by atoms with Gasteiger partial charge in [-0.1, -0.05) is 18.5 Å². The number of ether oxygens (including phenoxy) is 1. The predicted octanol–water partition coefficient (Wildman–Crippen LogP) is 4.34. The fourth-order valence-electron chi connectivity index (χ4n) is 2.17. The van der Waals surface area contributed by atoms with Crippen molar-refractivity contribution in [2.45, 2.75) is 38.8 Å². The summed E-state index contributed by atoms with van der Waals surface area (Å²) in [5.41, 5.74) is 2.10. The van der Waals surface area contributed by atoms with Gasteiger partial charge in [0.05, 0.1) is 5.69 Å². The smallest absolute Gasteiger partial charge is 0.130 e. The highest BCUT2D eigenvalue weighted by molar-refractivity contribution is 6.31. The Kier molecular flexibility index (Phi) is 4.42. The first-order chi connectivity index (χ1) is 10.2. The van der Waals surface area contributed by atoms with Gasteiger partial charge in [0.15, 0.2) is 0 Å². The van der Waals surface area contributed by atoms with Gasteiger partial charge in [-0.05, 0) is 49.1 Å². The molecule has 4 heteroatoms. The van der Waals surface area contributed by atoms with Crippen molar-refractivity contribution in [2.75, 3.05) is 0 Å². The number of benzene rings is 1. The van der Waals surface area contributed by atoms with E-state index in [2.05, 4.69) is 17.2 Å². The minimum Gasteiger partial charge on any atom is -0.457 e. The summed E-state index contributed by atoms with van der Waals surface area (Å²) in [5, 5.41) is 4.24. The molecule has 3 rings (SSSR count). The number of aryl methyl sites for hydroxylation is 1. The topological polar surface area (TPSA) is 34.1 Å². The fraction of sp³-hybridized carbons (Fsp3) is 0.353. The Morgan fingerprint density at radius 2 is 2.05 bits per heavy atom. The molecule has 0 unspecified atom stereocenters. The third kappa shape index (κ3) is 3.96. The van der Waals surface area contributed by atoms with Crippen molar-refractivity contribution in [3.8, 4) is 11.5 Å². The van der Waals surface area contributed by atoms with E-state index in [1.165, 1.54) is 12.8 Å². The van der Waals surface area contributed by atoms with Crippen LogP contribution in [0.5, 0.6) is 11.5 Å². The summed E-state index contributed by atoms with van der Waals surface area (Å²) in [6.45, 7) is 2.88. The second-order valence-electron chi connectivity index (χ2n) is 5.35. The molecular weight excluding hydrogens is 284 g/mol. The Bertz CT molecular complexity index is 626. The average Bonchev–Trinajstić information content (AvgIpc) is 3.32. The molecule has 1 saturated carbocycles. The van der Waals surface area contributed by atoms with E-state index in [9.17, 15) is 0 Å². The Hall–Kier alpha value is -1.58. The van der Waals surface area contributed by atoms with Gasteiger partial charge < -0.3 is 10.1 Å². The molecule has 0 amide bonds. The minimum atomic E-state index is 0.680. The highest BCUT2D eigenvalue weighted by Crippen LogP contribution is 2.27. The number of hydrogen-bond acceptors (Lipinski definition) is 3. The van der Waals surface area contributed by atoms with Crippen molar-refractivity contribution >= 4 is 11.6 Å². The Balaban J connectivity index is 1.70. The van der Waals surface area contributed by atoms with Crippen LogP contribution in [0.3, 0.4) is 0 Å². The summed E-state index contributed by atoms with van der Waals surface area (Å²) in [7, 11) is 0. The lowest BCUT2D eigenvalue weighted by atomic mass is 10.1. The normalized spacial score (nSPS) is 14.2. The first kappa shape index (κ1) is 14.4. The van der Waals surface area contributed by atoms with E-state index in [1.807, 2.05) is 30.3 Å². The van der Waals surface area contributed by atoms with Gasteiger partial charge in [0.25, 0.3) is 0 Å². The average molecular weight is 303 g/mol. The largest absolute Gasteiger partial charge is 0.457 e. The summed E-state index contributed by atoms with van der Waals surface area (Å²) in [5.74, 6) is 1.62. The van der Waals surface area contributed by atoms with Crippen molar-refractivity contribution in [1.29, 1.82) is 0 Å². The monoisotopic (exact) mass is 302 g/mol. The molecule has 1 aliphatic carbocycles. The van der Waals surface area contributed by atoms with Gasteiger partial charge in [0, 0.05) is 29.9 Å². The van der Waals surface area contributed by atoms with Crippen LogP contribution in [0.1, 0.15) is 31.0 Å². The zero-order valence-corrected chi connectivity index (χ0v) is 12.9. The van der Waals surface area contributed by atoms with E-state index >= 15 is 0 Å². The van der Waals surface area contributed by atoms with Crippen molar-refractivity contribution in [3.63, 3.8) is 0 Å². The number of hydrogen-bond donors (Lipinski definition) is 1. The van der Waals surface area contributed by atoms with Crippen LogP contribution < -0.4 is 10.1 Å². The number of rotatable bonds is 6. The molecule has 110 valence electrons. The number of nitrogens with zero attached hydrogens (tertiary/aromatic N) is 1. The summed E-state index contributed by atoms with van der Waals surface area (Å²) < 4.78 is 5.91. The lowest BCUT2D eigenvalue weighted by Crippen LogP contribution is -2.16. The minimum absolute atomic E-state index is 0.680.